The topological polar surface area (TPSA) is 30.5 Å². The van der Waals surface area contributed by atoms with Crippen LogP contribution in [-0.4, -0.2) is 33.9 Å². The Hall–Kier alpha value is -1.06. The summed E-state index contributed by atoms with van der Waals surface area (Å²) >= 11 is 0. The number of methoxy groups -OCH3 is 2. The van der Waals surface area contributed by atoms with Crippen molar-refractivity contribution in [2.75, 3.05) is 33.9 Å². The maximum absolute atomic E-state index is 5.40. The minimum absolute atomic E-state index is 0.432. The van der Waals surface area contributed by atoms with E-state index in [9.17, 15) is 0 Å². The van der Waals surface area contributed by atoms with Gasteiger partial charge in [0.25, 0.3) is 0 Å². The Labute approximate surface area is 104 Å². The normalized spacial score (nSPS) is 12.5. The highest BCUT2D eigenvalue weighted by Gasteiger charge is 2.11. The Bertz CT molecular complexity index is 339. The lowest BCUT2D eigenvalue weighted by Crippen LogP contribution is -2.24. The van der Waals surface area contributed by atoms with Gasteiger partial charge in [-0.25, -0.2) is 0 Å². The van der Waals surface area contributed by atoms with E-state index in [0.29, 0.717) is 5.92 Å². The predicted octanol–water partition coefficient (Wildman–Crippen LogP) is 2.34. The third-order valence-corrected chi connectivity index (χ3v) is 2.85. The van der Waals surface area contributed by atoms with E-state index in [2.05, 4.69) is 31.3 Å². The van der Waals surface area contributed by atoms with Crippen LogP contribution in [-0.2, 0) is 4.74 Å². The zero-order valence-electron chi connectivity index (χ0n) is 11.2. The fraction of sp³-hybridized carbons (Fsp3) is 0.571. The molecule has 1 rings (SSSR count). The van der Waals surface area contributed by atoms with E-state index >= 15 is 0 Å². The van der Waals surface area contributed by atoms with Gasteiger partial charge in [0.2, 0.25) is 0 Å². The molecule has 0 amide bonds. The average Bonchev–Trinajstić information content (AvgIpc) is 2.34. The largest absolute Gasteiger partial charge is 0.496 e. The van der Waals surface area contributed by atoms with Crippen LogP contribution < -0.4 is 10.1 Å². The molecular weight excluding hydrogens is 214 g/mol. The Morgan fingerprint density at radius 3 is 2.71 bits per heavy atom. The lowest BCUT2D eigenvalue weighted by atomic mass is 9.98. The van der Waals surface area contributed by atoms with Crippen molar-refractivity contribution in [2.24, 2.45) is 0 Å². The van der Waals surface area contributed by atoms with E-state index < -0.39 is 0 Å². The lowest BCUT2D eigenvalue weighted by Gasteiger charge is -2.17. The number of rotatable bonds is 7. The second kappa shape index (κ2) is 7.30. The quantitative estimate of drug-likeness (QED) is 0.738. The van der Waals surface area contributed by atoms with Crippen molar-refractivity contribution in [3.8, 4) is 5.75 Å². The third kappa shape index (κ3) is 4.36. The first-order valence-electron chi connectivity index (χ1n) is 6.03. The molecule has 0 radical (unpaired) electrons. The molecular formula is C14H23NO2. The molecule has 0 spiro atoms. The number of aryl methyl sites for hydroxylation is 1. The highest BCUT2D eigenvalue weighted by Crippen LogP contribution is 2.26. The van der Waals surface area contributed by atoms with Crippen LogP contribution in [0.4, 0.5) is 0 Å². The number of nitrogens with one attached hydrogen (secondary N) is 1. The van der Waals surface area contributed by atoms with Crippen molar-refractivity contribution < 1.29 is 9.47 Å². The number of benzene rings is 1. The fourth-order valence-electron chi connectivity index (χ4n) is 1.84. The summed E-state index contributed by atoms with van der Waals surface area (Å²) < 4.78 is 10.4. The molecule has 17 heavy (non-hydrogen) atoms. The van der Waals surface area contributed by atoms with Crippen LogP contribution in [0.2, 0.25) is 0 Å². The molecule has 0 aliphatic rings. The molecule has 0 bridgehead atoms. The van der Waals surface area contributed by atoms with Crippen molar-refractivity contribution in [1.82, 2.24) is 5.32 Å². The van der Waals surface area contributed by atoms with Crippen molar-refractivity contribution >= 4 is 0 Å². The molecule has 1 unspecified atom stereocenters. The second-order valence-corrected chi connectivity index (χ2v) is 4.34. The molecule has 0 aliphatic carbocycles. The van der Waals surface area contributed by atoms with Gasteiger partial charge in [0.1, 0.15) is 5.75 Å². The summed E-state index contributed by atoms with van der Waals surface area (Å²) in [7, 11) is 3.44. The van der Waals surface area contributed by atoms with Crippen LogP contribution >= 0.6 is 0 Å². The molecule has 3 heteroatoms. The van der Waals surface area contributed by atoms with E-state index in [0.717, 1.165) is 25.4 Å². The first kappa shape index (κ1) is 14.0. The lowest BCUT2D eigenvalue weighted by molar-refractivity contribution is 0.199. The van der Waals surface area contributed by atoms with Crippen LogP contribution in [0.25, 0.3) is 0 Å². The van der Waals surface area contributed by atoms with Gasteiger partial charge in [0, 0.05) is 20.2 Å². The Morgan fingerprint density at radius 2 is 2.06 bits per heavy atom. The van der Waals surface area contributed by atoms with Crippen molar-refractivity contribution in [2.45, 2.75) is 19.8 Å². The predicted molar refractivity (Wildman–Crippen MR) is 70.9 cm³/mol. The minimum atomic E-state index is 0.432. The van der Waals surface area contributed by atoms with E-state index in [1.54, 1.807) is 14.2 Å². The third-order valence-electron chi connectivity index (χ3n) is 2.85. The molecule has 96 valence electrons. The maximum atomic E-state index is 5.40. The molecule has 0 saturated carbocycles. The van der Waals surface area contributed by atoms with Crippen LogP contribution in [0.1, 0.15) is 24.0 Å². The second-order valence-electron chi connectivity index (χ2n) is 4.34. The molecule has 3 nitrogen and oxygen atoms in total. The zero-order chi connectivity index (χ0) is 12.7. The standard InChI is InChI=1S/C14H23NO2/c1-11-5-6-14(17-4)13(9-11)12(2)10-15-7-8-16-3/h5-6,9,12,15H,7-8,10H2,1-4H3. The van der Waals surface area contributed by atoms with Crippen molar-refractivity contribution in [1.29, 1.82) is 0 Å². The Kier molecular flexibility index (Phi) is 6.01. The summed E-state index contributed by atoms with van der Waals surface area (Å²) in [4.78, 5) is 0. The molecule has 1 atom stereocenters. The summed E-state index contributed by atoms with van der Waals surface area (Å²) in [6.07, 6.45) is 0. The molecule has 1 aromatic rings. The highest BCUT2D eigenvalue weighted by molar-refractivity contribution is 5.39. The van der Waals surface area contributed by atoms with Gasteiger partial charge in [0.15, 0.2) is 0 Å². The van der Waals surface area contributed by atoms with Crippen LogP contribution in [0.3, 0.4) is 0 Å². The number of hydrogen-bond donors (Lipinski definition) is 1. The molecule has 0 heterocycles. The molecule has 0 aliphatic heterocycles. The molecule has 0 fully saturated rings. The molecule has 0 saturated heterocycles. The minimum Gasteiger partial charge on any atom is -0.496 e. The van der Waals surface area contributed by atoms with E-state index in [-0.39, 0.29) is 0 Å². The average molecular weight is 237 g/mol. The SMILES string of the molecule is COCCNCC(C)c1cc(C)ccc1OC. The van der Waals surface area contributed by atoms with E-state index in [1.807, 2.05) is 6.07 Å². The monoisotopic (exact) mass is 237 g/mol. The summed E-state index contributed by atoms with van der Waals surface area (Å²) in [5, 5.41) is 3.37. The van der Waals surface area contributed by atoms with Gasteiger partial charge in [-0.15, -0.1) is 0 Å². The van der Waals surface area contributed by atoms with E-state index in [4.69, 9.17) is 9.47 Å². The van der Waals surface area contributed by atoms with Crippen LogP contribution in [0.15, 0.2) is 18.2 Å². The smallest absolute Gasteiger partial charge is 0.122 e. The van der Waals surface area contributed by atoms with Gasteiger partial charge < -0.3 is 14.8 Å². The van der Waals surface area contributed by atoms with Gasteiger partial charge >= 0.3 is 0 Å². The summed E-state index contributed by atoms with van der Waals surface area (Å²) in [6, 6.07) is 6.31. The van der Waals surface area contributed by atoms with Gasteiger partial charge in [-0.2, -0.15) is 0 Å². The summed E-state index contributed by atoms with van der Waals surface area (Å²) in [6.45, 7) is 6.88. The van der Waals surface area contributed by atoms with Gasteiger partial charge in [0.05, 0.1) is 13.7 Å². The Morgan fingerprint density at radius 1 is 1.29 bits per heavy atom. The maximum Gasteiger partial charge on any atom is 0.122 e. The number of hydrogen-bond acceptors (Lipinski definition) is 3. The first-order valence-corrected chi connectivity index (χ1v) is 6.03. The highest BCUT2D eigenvalue weighted by atomic mass is 16.5. The van der Waals surface area contributed by atoms with E-state index in [1.165, 1.54) is 11.1 Å². The molecule has 1 aromatic carbocycles. The summed E-state index contributed by atoms with van der Waals surface area (Å²) in [5.74, 6) is 1.40. The number of ether oxygens (including phenoxy) is 2. The van der Waals surface area contributed by atoms with Crippen molar-refractivity contribution in [3.05, 3.63) is 29.3 Å². The van der Waals surface area contributed by atoms with Crippen LogP contribution in [0, 0.1) is 6.92 Å². The molecule has 1 N–H and O–H groups in total. The fourth-order valence-corrected chi connectivity index (χ4v) is 1.84. The van der Waals surface area contributed by atoms with Gasteiger partial charge in [-0.1, -0.05) is 24.6 Å². The van der Waals surface area contributed by atoms with Crippen LogP contribution in [0.5, 0.6) is 5.75 Å². The Balaban J connectivity index is 2.60. The summed E-state index contributed by atoms with van der Waals surface area (Å²) in [5.41, 5.74) is 2.53. The van der Waals surface area contributed by atoms with Gasteiger partial charge in [-0.05, 0) is 24.5 Å². The van der Waals surface area contributed by atoms with Gasteiger partial charge in [-0.3, -0.25) is 0 Å². The first-order chi connectivity index (χ1) is 8.19. The zero-order valence-corrected chi connectivity index (χ0v) is 11.2. The molecule has 0 aromatic heterocycles. The van der Waals surface area contributed by atoms with Crippen molar-refractivity contribution in [3.63, 3.8) is 0 Å².